The highest BCUT2D eigenvalue weighted by molar-refractivity contribution is 6.35. The molecular formula is C89H98Cl2F3N15O7. The lowest BCUT2D eigenvalue weighted by molar-refractivity contribution is -0.274. The van der Waals surface area contributed by atoms with Crippen molar-refractivity contribution in [1.82, 2.24) is 25.3 Å². The van der Waals surface area contributed by atoms with Gasteiger partial charge in [0.1, 0.15) is 72.2 Å². The number of halogens is 5. The van der Waals surface area contributed by atoms with E-state index in [0.717, 1.165) is 61.4 Å². The fourth-order valence-electron chi connectivity index (χ4n) is 13.2. The summed E-state index contributed by atoms with van der Waals surface area (Å²) >= 11 is 12.2. The SMILES string of the molecule is CN1OCC(C)(c2cccc(-c3cc(Cl)cc(Cl)c3)c2)N=C1N.CN1OCC(C)(c2cccc(-c3cccc(OC(F)(F)F)c3)c2)N=C1N.COc1cccc(-c2cccc(C3(C)CON(C)C(N)=N3)c2)c1.Cc1cccc(-c2cccc(C3(C)CON(C)C(N)=N3)c2)c1.Cc1cccc(-c2cccc(C3(C)CON(C)C(N)=N3)c2)c1. The fourth-order valence-corrected chi connectivity index (χ4v) is 13.7. The van der Waals surface area contributed by atoms with Crippen LogP contribution in [0.5, 0.6) is 11.5 Å². The second kappa shape index (κ2) is 36.0. The number of hydrogen-bond donors (Lipinski definition) is 5. The van der Waals surface area contributed by atoms with Gasteiger partial charge in [0, 0.05) is 45.3 Å². The standard InChI is InChI=1S/C18H18F3N3O2.C18H21N3O2.2C18H21N3O.C17H17Cl2N3O/c1-17(11-25-24(2)16(22)23-17)14-7-3-5-12(9-14)13-6-4-8-15(10-13)26-18(19,20)21;1-18(12-23-21(2)17(19)20-18)15-8-4-6-13(10-15)14-7-5-9-16(11-14)22-3;2*1-13-6-4-7-14(10-13)15-8-5-9-16(11-15)18(2)12-22-21(3)17(19)20-18;1-17(10-23-22(2)16(20)21-17)13-5-3-4-11(6-13)12-7-14(18)9-15(19)8-12/h3-10H,11H2,1-2H3,(H2,22,23);4-11H,12H2,1-3H3,(H2,19,20);2*4-11H,12H2,1-3H3,(H2,19,20);3-9H,10H2,1-2H3,(H2,20,21). The van der Waals surface area contributed by atoms with Crippen molar-refractivity contribution in [1.29, 1.82) is 0 Å². The number of aryl methyl sites for hydroxylation is 2. The number of methoxy groups -OCH3 is 1. The highest BCUT2D eigenvalue weighted by Crippen LogP contribution is 2.40. The molecule has 27 heteroatoms. The molecule has 0 aliphatic carbocycles. The van der Waals surface area contributed by atoms with Gasteiger partial charge in [-0.2, -0.15) is 0 Å². The number of hydroxylamine groups is 10. The van der Waals surface area contributed by atoms with E-state index in [1.807, 2.05) is 113 Å². The smallest absolute Gasteiger partial charge is 0.497 e. The molecular weight excluding hydrogens is 1520 g/mol. The van der Waals surface area contributed by atoms with E-state index in [0.29, 0.717) is 72.5 Å². The minimum Gasteiger partial charge on any atom is -0.497 e. The predicted molar refractivity (Wildman–Crippen MR) is 456 cm³/mol. The van der Waals surface area contributed by atoms with E-state index >= 15 is 0 Å². The average molecular weight is 1620 g/mol. The van der Waals surface area contributed by atoms with Crippen LogP contribution in [0.4, 0.5) is 13.2 Å². The number of benzene rings is 10. The summed E-state index contributed by atoms with van der Waals surface area (Å²) in [6, 6.07) is 76.8. The molecule has 10 aromatic rings. The Bertz CT molecular complexity index is 5180. The second-order valence-corrected chi connectivity index (χ2v) is 30.6. The van der Waals surface area contributed by atoms with Crippen molar-refractivity contribution in [2.45, 2.75) is 82.5 Å². The molecule has 0 fully saturated rings. The van der Waals surface area contributed by atoms with Gasteiger partial charge in [0.25, 0.3) is 0 Å². The zero-order valence-corrected chi connectivity index (χ0v) is 68.7. The van der Waals surface area contributed by atoms with E-state index in [9.17, 15) is 13.2 Å². The molecule has 10 N–H and O–H groups in total. The van der Waals surface area contributed by atoms with Crippen LogP contribution in [0, 0.1) is 13.8 Å². The molecule has 0 aromatic heterocycles. The molecule has 5 atom stereocenters. The van der Waals surface area contributed by atoms with Crippen molar-refractivity contribution in [3.63, 3.8) is 0 Å². The van der Waals surface area contributed by atoms with Gasteiger partial charge in [-0.3, -0.25) is 24.2 Å². The molecule has 606 valence electrons. The normalized spacial score (nSPS) is 21.2. The first-order valence-electron chi connectivity index (χ1n) is 37.2. The van der Waals surface area contributed by atoms with Crippen LogP contribution in [-0.2, 0) is 51.9 Å². The van der Waals surface area contributed by atoms with Crippen LogP contribution in [0.3, 0.4) is 0 Å². The first-order chi connectivity index (χ1) is 55.0. The predicted octanol–water partition coefficient (Wildman–Crippen LogP) is 16.6. The number of nitrogens with zero attached hydrogens (tertiary/aromatic N) is 10. The second-order valence-electron chi connectivity index (χ2n) is 29.7. The molecule has 0 bridgehead atoms. The molecule has 5 unspecified atom stereocenters. The molecule has 0 saturated carbocycles. The summed E-state index contributed by atoms with van der Waals surface area (Å²) < 4.78 is 46.6. The van der Waals surface area contributed by atoms with Crippen molar-refractivity contribution < 1.29 is 46.8 Å². The monoisotopic (exact) mass is 1620 g/mol. The lowest BCUT2D eigenvalue weighted by atomic mass is 9.90. The Labute approximate surface area is 685 Å². The highest BCUT2D eigenvalue weighted by atomic mass is 35.5. The maximum Gasteiger partial charge on any atom is 0.573 e. The minimum absolute atomic E-state index is 0.254. The minimum atomic E-state index is -4.73. The van der Waals surface area contributed by atoms with Crippen molar-refractivity contribution in [2.75, 3.05) is 75.4 Å². The molecule has 0 spiro atoms. The molecule has 15 rings (SSSR count). The van der Waals surface area contributed by atoms with Crippen LogP contribution < -0.4 is 38.1 Å². The van der Waals surface area contributed by atoms with Crippen molar-refractivity contribution in [3.05, 3.63) is 286 Å². The third kappa shape index (κ3) is 21.3. The maximum absolute atomic E-state index is 12.4. The number of guanidine groups is 5. The molecule has 10 aromatic carbocycles. The maximum atomic E-state index is 12.4. The Morgan fingerprint density at radius 3 is 0.793 bits per heavy atom. The largest absolute Gasteiger partial charge is 0.573 e. The van der Waals surface area contributed by atoms with Crippen molar-refractivity contribution in [2.24, 2.45) is 53.6 Å². The van der Waals surface area contributed by atoms with E-state index in [-0.39, 0.29) is 11.7 Å². The van der Waals surface area contributed by atoms with E-state index in [2.05, 4.69) is 171 Å². The summed E-state index contributed by atoms with van der Waals surface area (Å²) in [6.07, 6.45) is -4.73. The summed E-state index contributed by atoms with van der Waals surface area (Å²) in [5, 5.41) is 8.58. The quantitative estimate of drug-likeness (QED) is 0.0760. The number of rotatable bonds is 12. The third-order valence-electron chi connectivity index (χ3n) is 20.2. The van der Waals surface area contributed by atoms with Crippen molar-refractivity contribution >= 4 is 53.0 Å². The Hall–Kier alpha value is -11.7. The molecule has 0 amide bonds. The van der Waals surface area contributed by atoms with E-state index in [4.69, 9.17) is 80.8 Å². The molecule has 5 heterocycles. The van der Waals surface area contributed by atoms with Gasteiger partial charge in [-0.15, -0.1) is 13.2 Å². The van der Waals surface area contributed by atoms with Gasteiger partial charge in [0.2, 0.25) is 29.8 Å². The fraction of sp³-hybridized carbons (Fsp3) is 0.270. The first kappa shape index (κ1) is 85.2. The molecule has 0 radical (unpaired) electrons. The molecule has 5 aliphatic heterocycles. The van der Waals surface area contributed by atoms with Crippen LogP contribution in [0.25, 0.3) is 55.6 Å². The Morgan fingerprint density at radius 2 is 0.543 bits per heavy atom. The number of hydrogen-bond acceptors (Lipinski definition) is 22. The van der Waals surface area contributed by atoms with Gasteiger partial charge in [-0.1, -0.05) is 198 Å². The Kier molecular flexibility index (Phi) is 26.5. The highest BCUT2D eigenvalue weighted by Gasteiger charge is 2.38. The zero-order chi connectivity index (χ0) is 83.5. The van der Waals surface area contributed by atoms with Gasteiger partial charge < -0.3 is 38.1 Å². The van der Waals surface area contributed by atoms with Crippen molar-refractivity contribution in [3.8, 4) is 67.1 Å². The molecule has 22 nitrogen and oxygen atoms in total. The van der Waals surface area contributed by atoms with Gasteiger partial charge in [-0.25, -0.2) is 50.3 Å². The summed E-state index contributed by atoms with van der Waals surface area (Å²) in [5.41, 5.74) is 44.7. The van der Waals surface area contributed by atoms with Gasteiger partial charge >= 0.3 is 6.36 Å². The zero-order valence-electron chi connectivity index (χ0n) is 67.2. The third-order valence-corrected chi connectivity index (χ3v) is 20.7. The van der Waals surface area contributed by atoms with E-state index in [1.54, 1.807) is 54.5 Å². The van der Waals surface area contributed by atoms with E-state index in [1.165, 1.54) is 76.9 Å². The topological polar surface area (TPSA) is 273 Å². The number of alkyl halides is 3. The lowest BCUT2D eigenvalue weighted by Gasteiger charge is -2.34. The average Bonchev–Trinajstić information content (AvgIpc) is 0.814. The summed E-state index contributed by atoms with van der Waals surface area (Å²) in [5.74, 6) is 2.36. The number of aliphatic imine (C=N–C) groups is 5. The van der Waals surface area contributed by atoms with Crippen LogP contribution in [0.1, 0.15) is 73.6 Å². The lowest BCUT2D eigenvalue weighted by Crippen LogP contribution is -2.45. The number of nitrogens with two attached hydrogens (primary N) is 5. The van der Waals surface area contributed by atoms with Gasteiger partial charge in [-0.05, 0) is 205 Å². The Balaban J connectivity index is 0.000000143. The van der Waals surface area contributed by atoms with Gasteiger partial charge in [0.05, 0.1) is 7.11 Å². The molecule has 5 aliphatic rings. The van der Waals surface area contributed by atoms with Crippen LogP contribution in [-0.4, -0.2) is 137 Å². The Morgan fingerprint density at radius 1 is 0.319 bits per heavy atom. The first-order valence-corrected chi connectivity index (χ1v) is 38.0. The summed E-state index contributed by atoms with van der Waals surface area (Å²) in [6.45, 7) is 16.3. The summed E-state index contributed by atoms with van der Waals surface area (Å²) in [7, 11) is 10.4. The van der Waals surface area contributed by atoms with Crippen LogP contribution in [0.15, 0.2) is 262 Å². The van der Waals surface area contributed by atoms with E-state index < -0.39 is 34.1 Å². The van der Waals surface area contributed by atoms with Crippen LogP contribution >= 0.6 is 23.2 Å². The van der Waals surface area contributed by atoms with Crippen LogP contribution in [0.2, 0.25) is 10.0 Å². The summed E-state index contributed by atoms with van der Waals surface area (Å²) in [4.78, 5) is 50.8. The van der Waals surface area contributed by atoms with Gasteiger partial charge in [0.15, 0.2) is 0 Å². The molecule has 0 saturated heterocycles. The molecule has 116 heavy (non-hydrogen) atoms. The number of ether oxygens (including phenoxy) is 2.